The molecule has 1 aliphatic carbocycles. The highest BCUT2D eigenvalue weighted by atomic mass is 32.2. The molecule has 1 aliphatic rings. The summed E-state index contributed by atoms with van der Waals surface area (Å²) in [5.41, 5.74) is 0.0149. The van der Waals surface area contributed by atoms with E-state index in [0.717, 1.165) is 42.7 Å². The van der Waals surface area contributed by atoms with Crippen molar-refractivity contribution < 1.29 is 5.11 Å². The fourth-order valence-corrected chi connectivity index (χ4v) is 3.23. The number of aromatic nitrogens is 2. The first kappa shape index (κ1) is 16.4. The van der Waals surface area contributed by atoms with Gasteiger partial charge in [-0.25, -0.2) is 9.97 Å². The normalized spacial score (nSPS) is 17.5. The topological polar surface area (TPSA) is 70.1 Å². The van der Waals surface area contributed by atoms with Gasteiger partial charge in [0.05, 0.1) is 6.61 Å². The molecule has 0 bridgehead atoms. The Morgan fingerprint density at radius 3 is 2.43 bits per heavy atom. The fraction of sp³-hybridized carbons (Fsp3) is 0.733. The molecule has 0 saturated heterocycles. The van der Waals surface area contributed by atoms with Crippen LogP contribution in [0.15, 0.2) is 11.2 Å². The largest absolute Gasteiger partial charge is 0.396 e. The lowest BCUT2D eigenvalue weighted by molar-refractivity contribution is 0.0943. The molecule has 6 heteroatoms. The summed E-state index contributed by atoms with van der Waals surface area (Å²) in [6, 6.07) is 1.94. The smallest absolute Gasteiger partial charge is 0.191 e. The minimum absolute atomic E-state index is 0.0149. The summed E-state index contributed by atoms with van der Waals surface area (Å²) in [6.45, 7) is 3.92. The molecular formula is C15H26N4OS. The summed E-state index contributed by atoms with van der Waals surface area (Å²) in [4.78, 5) is 8.93. The van der Waals surface area contributed by atoms with Gasteiger partial charge >= 0.3 is 0 Å². The van der Waals surface area contributed by atoms with Crippen molar-refractivity contribution in [1.29, 1.82) is 0 Å². The molecule has 3 N–H and O–H groups in total. The van der Waals surface area contributed by atoms with Crippen LogP contribution < -0.4 is 10.6 Å². The lowest BCUT2D eigenvalue weighted by atomic mass is 9.74. The van der Waals surface area contributed by atoms with Crippen molar-refractivity contribution in [2.45, 2.75) is 44.2 Å². The van der Waals surface area contributed by atoms with Crippen LogP contribution in [-0.4, -0.2) is 41.0 Å². The van der Waals surface area contributed by atoms with Gasteiger partial charge in [0.1, 0.15) is 11.6 Å². The summed E-state index contributed by atoms with van der Waals surface area (Å²) >= 11 is 1.54. The Hall–Kier alpha value is -1.01. The van der Waals surface area contributed by atoms with Crippen molar-refractivity contribution in [3.63, 3.8) is 0 Å². The Morgan fingerprint density at radius 1 is 1.19 bits per heavy atom. The van der Waals surface area contributed by atoms with E-state index in [2.05, 4.69) is 27.5 Å². The SMILES string of the molecule is CCNc1cc(NCC2(CO)CCCCC2)nc(SC)n1. The van der Waals surface area contributed by atoms with Crippen LogP contribution in [0.25, 0.3) is 0 Å². The van der Waals surface area contributed by atoms with Crippen molar-refractivity contribution >= 4 is 23.4 Å². The molecule has 2 rings (SSSR count). The number of nitrogens with zero attached hydrogens (tertiary/aromatic N) is 2. The van der Waals surface area contributed by atoms with Crippen molar-refractivity contribution in [1.82, 2.24) is 9.97 Å². The van der Waals surface area contributed by atoms with Crippen LogP contribution in [0.3, 0.4) is 0 Å². The standard InChI is InChI=1S/C15H26N4OS/c1-3-16-12-9-13(19-14(18-12)21-2)17-10-15(11-20)7-5-4-6-8-15/h9,20H,3-8,10-11H2,1-2H3,(H2,16,17,18,19). The van der Waals surface area contributed by atoms with Gasteiger partial charge in [-0.3, -0.25) is 0 Å². The van der Waals surface area contributed by atoms with Crippen LogP contribution in [0.1, 0.15) is 39.0 Å². The zero-order valence-corrected chi connectivity index (χ0v) is 13.8. The average Bonchev–Trinajstić information content (AvgIpc) is 2.54. The van der Waals surface area contributed by atoms with E-state index in [1.54, 1.807) is 0 Å². The lowest BCUT2D eigenvalue weighted by Crippen LogP contribution is -2.35. The quantitative estimate of drug-likeness (QED) is 0.531. The van der Waals surface area contributed by atoms with Crippen molar-refractivity contribution in [3.8, 4) is 0 Å². The van der Waals surface area contributed by atoms with E-state index in [9.17, 15) is 5.11 Å². The molecule has 1 aromatic heterocycles. The molecule has 0 aromatic carbocycles. The Kier molecular flexibility index (Phi) is 6.11. The number of anilines is 2. The van der Waals surface area contributed by atoms with Crippen molar-refractivity contribution in [2.75, 3.05) is 36.6 Å². The molecule has 0 spiro atoms. The Labute approximate surface area is 131 Å². The van der Waals surface area contributed by atoms with E-state index >= 15 is 0 Å². The summed E-state index contributed by atoms with van der Waals surface area (Å²) in [6.07, 6.45) is 7.88. The van der Waals surface area contributed by atoms with Gasteiger partial charge in [-0.2, -0.15) is 0 Å². The van der Waals surface area contributed by atoms with E-state index in [1.807, 2.05) is 12.3 Å². The van der Waals surface area contributed by atoms with Crippen LogP contribution >= 0.6 is 11.8 Å². The molecule has 0 unspecified atom stereocenters. The maximum absolute atomic E-state index is 9.77. The van der Waals surface area contributed by atoms with E-state index in [0.29, 0.717) is 0 Å². The maximum atomic E-state index is 9.77. The average molecular weight is 310 g/mol. The summed E-state index contributed by atoms with van der Waals surface area (Å²) in [7, 11) is 0. The number of aliphatic hydroxyl groups excluding tert-OH is 1. The molecule has 1 saturated carbocycles. The van der Waals surface area contributed by atoms with Crippen molar-refractivity contribution in [2.24, 2.45) is 5.41 Å². The number of rotatable bonds is 7. The first-order chi connectivity index (χ1) is 10.2. The number of aliphatic hydroxyl groups is 1. The van der Waals surface area contributed by atoms with Crippen molar-refractivity contribution in [3.05, 3.63) is 6.07 Å². The van der Waals surface area contributed by atoms with Gasteiger partial charge in [-0.1, -0.05) is 31.0 Å². The van der Waals surface area contributed by atoms with Gasteiger partial charge in [0.15, 0.2) is 5.16 Å². The molecule has 118 valence electrons. The van der Waals surface area contributed by atoms with Crippen LogP contribution in [0.4, 0.5) is 11.6 Å². The molecule has 1 heterocycles. The van der Waals surface area contributed by atoms with Gasteiger partial charge in [-0.15, -0.1) is 0 Å². The highest BCUT2D eigenvalue weighted by molar-refractivity contribution is 7.98. The third-order valence-electron chi connectivity index (χ3n) is 4.14. The van der Waals surface area contributed by atoms with Crippen LogP contribution in [-0.2, 0) is 0 Å². The zero-order valence-electron chi connectivity index (χ0n) is 13.0. The van der Waals surface area contributed by atoms with E-state index in [1.165, 1.54) is 31.0 Å². The highest BCUT2D eigenvalue weighted by Gasteiger charge is 2.31. The maximum Gasteiger partial charge on any atom is 0.191 e. The number of hydrogen-bond donors (Lipinski definition) is 3. The number of nitrogens with one attached hydrogen (secondary N) is 2. The highest BCUT2D eigenvalue weighted by Crippen LogP contribution is 2.36. The monoisotopic (exact) mass is 310 g/mol. The van der Waals surface area contributed by atoms with E-state index < -0.39 is 0 Å². The third-order valence-corrected chi connectivity index (χ3v) is 4.69. The first-order valence-electron chi connectivity index (χ1n) is 7.73. The minimum atomic E-state index is 0.0149. The molecular weight excluding hydrogens is 284 g/mol. The zero-order chi connectivity index (χ0) is 15.1. The van der Waals surface area contributed by atoms with Crippen LogP contribution in [0.2, 0.25) is 0 Å². The van der Waals surface area contributed by atoms with E-state index in [-0.39, 0.29) is 12.0 Å². The predicted octanol–water partition coefficient (Wildman–Crippen LogP) is 2.99. The van der Waals surface area contributed by atoms with E-state index in [4.69, 9.17) is 0 Å². The minimum Gasteiger partial charge on any atom is -0.396 e. The summed E-state index contributed by atoms with van der Waals surface area (Å²) in [5.74, 6) is 1.68. The van der Waals surface area contributed by atoms with Gasteiger partial charge in [0.25, 0.3) is 0 Å². The van der Waals surface area contributed by atoms with Gasteiger partial charge in [0, 0.05) is 24.6 Å². The molecule has 21 heavy (non-hydrogen) atoms. The second kappa shape index (κ2) is 7.84. The second-order valence-corrected chi connectivity index (χ2v) is 6.50. The predicted molar refractivity (Wildman–Crippen MR) is 89.1 cm³/mol. The molecule has 0 amide bonds. The molecule has 0 radical (unpaired) electrons. The summed E-state index contributed by atoms with van der Waals surface area (Å²) < 4.78 is 0. The van der Waals surface area contributed by atoms with Crippen LogP contribution in [0.5, 0.6) is 0 Å². The molecule has 0 aliphatic heterocycles. The van der Waals surface area contributed by atoms with Gasteiger partial charge in [0.2, 0.25) is 0 Å². The molecule has 1 aromatic rings. The fourth-order valence-electron chi connectivity index (χ4n) is 2.85. The lowest BCUT2D eigenvalue weighted by Gasteiger charge is -2.35. The Bertz CT molecular complexity index is 449. The molecule has 1 fully saturated rings. The van der Waals surface area contributed by atoms with Gasteiger partial charge < -0.3 is 15.7 Å². The third kappa shape index (κ3) is 4.48. The second-order valence-electron chi connectivity index (χ2n) is 5.73. The number of thioether (sulfide) groups is 1. The molecule has 0 atom stereocenters. The Morgan fingerprint density at radius 2 is 1.86 bits per heavy atom. The van der Waals surface area contributed by atoms with Crippen LogP contribution in [0, 0.1) is 5.41 Å². The Balaban J connectivity index is 2.05. The number of hydrogen-bond acceptors (Lipinski definition) is 6. The first-order valence-corrected chi connectivity index (χ1v) is 8.95. The summed E-state index contributed by atoms with van der Waals surface area (Å²) in [5, 5.41) is 17.2. The molecule has 5 nitrogen and oxygen atoms in total. The van der Waals surface area contributed by atoms with Gasteiger partial charge in [-0.05, 0) is 26.0 Å².